The van der Waals surface area contributed by atoms with Crippen LogP contribution in [0.3, 0.4) is 0 Å². The molecule has 6 heteroatoms. The zero-order chi connectivity index (χ0) is 13.1. The number of carboxylic acids is 1. The topological polar surface area (TPSA) is 84.3 Å². The Kier molecular flexibility index (Phi) is 3.88. The lowest BCUT2D eigenvalue weighted by Crippen LogP contribution is -2.28. The number of rotatable bonds is 4. The number of carboxylic acid groups (broad SMARTS) is 1. The molecule has 0 radical (unpaired) electrons. The molecule has 0 fully saturated rings. The minimum atomic E-state index is -1.000. The van der Waals surface area contributed by atoms with Crippen LogP contribution in [0, 0.1) is 0 Å². The highest BCUT2D eigenvalue weighted by Gasteiger charge is 2.23. The van der Waals surface area contributed by atoms with Crippen LogP contribution < -0.4 is 5.32 Å². The Hall–Kier alpha value is -1.53. The summed E-state index contributed by atoms with van der Waals surface area (Å²) in [6.07, 6.45) is 0.362. The van der Waals surface area contributed by atoms with Crippen LogP contribution in [0.4, 0.5) is 0 Å². The molecule has 0 saturated heterocycles. The van der Waals surface area contributed by atoms with Gasteiger partial charge in [-0.25, -0.2) is 14.8 Å². The van der Waals surface area contributed by atoms with Crippen molar-refractivity contribution in [3.63, 3.8) is 0 Å². The summed E-state index contributed by atoms with van der Waals surface area (Å²) in [5, 5.41) is 12.4. The molecule has 1 aliphatic heterocycles. The highest BCUT2D eigenvalue weighted by atomic mass is 16.5. The quantitative estimate of drug-likeness (QED) is 0.827. The molecule has 0 amide bonds. The maximum atomic E-state index is 11.3. The zero-order valence-electron chi connectivity index (χ0n) is 10.6. The predicted octanol–water partition coefficient (Wildman–Crippen LogP) is 0.918. The van der Waals surface area contributed by atoms with Crippen LogP contribution in [0.2, 0.25) is 0 Å². The number of hydrogen-bond acceptors (Lipinski definition) is 5. The average molecular weight is 251 g/mol. The second kappa shape index (κ2) is 5.41. The number of hydrogen-bond donors (Lipinski definition) is 2. The van der Waals surface area contributed by atoms with Crippen LogP contribution in [-0.4, -0.2) is 34.2 Å². The molecule has 2 rings (SSSR count). The monoisotopic (exact) mass is 251 g/mol. The van der Waals surface area contributed by atoms with E-state index in [0.29, 0.717) is 25.4 Å². The van der Waals surface area contributed by atoms with E-state index in [1.54, 1.807) is 0 Å². The van der Waals surface area contributed by atoms with Crippen molar-refractivity contribution in [2.24, 2.45) is 0 Å². The zero-order valence-corrected chi connectivity index (χ0v) is 10.6. The highest BCUT2D eigenvalue weighted by Crippen LogP contribution is 2.20. The van der Waals surface area contributed by atoms with Crippen molar-refractivity contribution in [1.29, 1.82) is 0 Å². The summed E-state index contributed by atoms with van der Waals surface area (Å²) >= 11 is 0. The van der Waals surface area contributed by atoms with Gasteiger partial charge in [0.15, 0.2) is 11.5 Å². The van der Waals surface area contributed by atoms with E-state index in [2.05, 4.69) is 15.3 Å². The van der Waals surface area contributed by atoms with E-state index >= 15 is 0 Å². The molecule has 6 nitrogen and oxygen atoms in total. The van der Waals surface area contributed by atoms with Gasteiger partial charge < -0.3 is 15.2 Å². The fraction of sp³-hybridized carbons (Fsp3) is 0.583. The van der Waals surface area contributed by atoms with E-state index in [-0.39, 0.29) is 11.8 Å². The van der Waals surface area contributed by atoms with Gasteiger partial charge in [-0.1, -0.05) is 0 Å². The molecule has 0 aromatic carbocycles. The van der Waals surface area contributed by atoms with Crippen LogP contribution in [0.1, 0.15) is 47.5 Å². The first kappa shape index (κ1) is 12.9. The predicted molar refractivity (Wildman–Crippen MR) is 64.4 cm³/mol. The van der Waals surface area contributed by atoms with Gasteiger partial charge in [-0.15, -0.1) is 0 Å². The standard InChI is InChI=1S/C12H17N3O3/c1-3-18-7(2)11-14-9-6-13-5-4-8(9)10(15-11)12(16)17/h7,13H,3-6H2,1-2H3,(H,16,17). The van der Waals surface area contributed by atoms with E-state index in [0.717, 1.165) is 17.8 Å². The molecule has 2 N–H and O–H groups in total. The largest absolute Gasteiger partial charge is 0.477 e. The summed E-state index contributed by atoms with van der Waals surface area (Å²) in [5.74, 6) is -0.558. The third-order valence-electron chi connectivity index (χ3n) is 2.94. The lowest BCUT2D eigenvalue weighted by Gasteiger charge is -2.20. The summed E-state index contributed by atoms with van der Waals surface area (Å²) in [6.45, 7) is 5.60. The Bertz CT molecular complexity index is 462. The van der Waals surface area contributed by atoms with Crippen LogP contribution >= 0.6 is 0 Å². The molecular weight excluding hydrogens is 234 g/mol. The molecule has 1 aromatic heterocycles. The second-order valence-corrected chi connectivity index (χ2v) is 4.19. The highest BCUT2D eigenvalue weighted by molar-refractivity contribution is 5.87. The molecule has 0 spiro atoms. The van der Waals surface area contributed by atoms with Gasteiger partial charge in [-0.05, 0) is 26.8 Å². The minimum absolute atomic E-state index is 0.114. The molecule has 0 bridgehead atoms. The Morgan fingerprint density at radius 1 is 1.56 bits per heavy atom. The molecular formula is C12H17N3O3. The van der Waals surface area contributed by atoms with Gasteiger partial charge in [0.05, 0.1) is 5.69 Å². The molecule has 98 valence electrons. The van der Waals surface area contributed by atoms with Crippen molar-refractivity contribution < 1.29 is 14.6 Å². The maximum absolute atomic E-state index is 11.3. The molecule has 1 aromatic rings. The first-order valence-electron chi connectivity index (χ1n) is 6.08. The van der Waals surface area contributed by atoms with Crippen molar-refractivity contribution in [3.05, 3.63) is 22.8 Å². The number of nitrogens with one attached hydrogen (secondary N) is 1. The van der Waals surface area contributed by atoms with Crippen molar-refractivity contribution in [2.45, 2.75) is 32.9 Å². The molecule has 1 unspecified atom stereocenters. The van der Waals surface area contributed by atoms with Crippen molar-refractivity contribution in [2.75, 3.05) is 13.2 Å². The SMILES string of the molecule is CCOC(C)c1nc2c(c(C(=O)O)n1)CCNC2. The van der Waals surface area contributed by atoms with E-state index in [4.69, 9.17) is 4.74 Å². The van der Waals surface area contributed by atoms with Crippen molar-refractivity contribution >= 4 is 5.97 Å². The Morgan fingerprint density at radius 2 is 2.33 bits per heavy atom. The van der Waals surface area contributed by atoms with Gasteiger partial charge in [0.2, 0.25) is 0 Å². The van der Waals surface area contributed by atoms with Crippen LogP contribution in [-0.2, 0) is 17.7 Å². The fourth-order valence-electron chi connectivity index (χ4n) is 2.06. The van der Waals surface area contributed by atoms with E-state index in [1.807, 2.05) is 13.8 Å². The third kappa shape index (κ3) is 2.49. The summed E-state index contributed by atoms with van der Waals surface area (Å²) < 4.78 is 5.42. The van der Waals surface area contributed by atoms with Gasteiger partial charge in [-0.2, -0.15) is 0 Å². The summed E-state index contributed by atoms with van der Waals surface area (Å²) in [6, 6.07) is 0. The Morgan fingerprint density at radius 3 is 3.00 bits per heavy atom. The summed E-state index contributed by atoms with van der Waals surface area (Å²) in [4.78, 5) is 19.8. The molecule has 1 atom stereocenters. The lowest BCUT2D eigenvalue weighted by molar-refractivity contribution is 0.0657. The van der Waals surface area contributed by atoms with Crippen molar-refractivity contribution in [1.82, 2.24) is 15.3 Å². The van der Waals surface area contributed by atoms with Gasteiger partial charge in [0, 0.05) is 18.7 Å². The van der Waals surface area contributed by atoms with Gasteiger partial charge in [-0.3, -0.25) is 0 Å². The number of aromatic carboxylic acids is 1. The second-order valence-electron chi connectivity index (χ2n) is 4.19. The van der Waals surface area contributed by atoms with Gasteiger partial charge in [0.25, 0.3) is 0 Å². The number of carbonyl (C=O) groups is 1. The number of nitrogens with zero attached hydrogens (tertiary/aromatic N) is 2. The van der Waals surface area contributed by atoms with E-state index in [1.165, 1.54) is 0 Å². The number of ether oxygens (including phenoxy) is 1. The molecule has 0 saturated carbocycles. The van der Waals surface area contributed by atoms with Crippen LogP contribution in [0.5, 0.6) is 0 Å². The minimum Gasteiger partial charge on any atom is -0.477 e. The average Bonchev–Trinajstić information content (AvgIpc) is 2.37. The molecule has 18 heavy (non-hydrogen) atoms. The fourth-order valence-corrected chi connectivity index (χ4v) is 2.06. The Balaban J connectivity index is 2.44. The summed E-state index contributed by atoms with van der Waals surface area (Å²) in [7, 11) is 0. The molecule has 0 aliphatic carbocycles. The van der Waals surface area contributed by atoms with E-state index in [9.17, 15) is 9.90 Å². The summed E-state index contributed by atoms with van der Waals surface area (Å²) in [5.41, 5.74) is 1.63. The Labute approximate surface area is 105 Å². The van der Waals surface area contributed by atoms with Crippen LogP contribution in [0.15, 0.2) is 0 Å². The normalized spacial score (nSPS) is 16.1. The molecule has 2 heterocycles. The van der Waals surface area contributed by atoms with Crippen LogP contribution in [0.25, 0.3) is 0 Å². The number of aromatic nitrogens is 2. The first-order valence-corrected chi connectivity index (χ1v) is 6.08. The first-order chi connectivity index (χ1) is 8.63. The lowest BCUT2D eigenvalue weighted by atomic mass is 10.0. The smallest absolute Gasteiger partial charge is 0.354 e. The van der Waals surface area contributed by atoms with E-state index < -0.39 is 5.97 Å². The molecule has 1 aliphatic rings. The maximum Gasteiger partial charge on any atom is 0.354 e. The number of fused-ring (bicyclic) bond motifs is 1. The van der Waals surface area contributed by atoms with Crippen molar-refractivity contribution in [3.8, 4) is 0 Å². The third-order valence-corrected chi connectivity index (χ3v) is 2.94. The van der Waals surface area contributed by atoms with Gasteiger partial charge >= 0.3 is 5.97 Å². The van der Waals surface area contributed by atoms with Gasteiger partial charge in [0.1, 0.15) is 6.10 Å².